The maximum Gasteiger partial charge on any atom is 0.255 e. The lowest BCUT2D eigenvalue weighted by Gasteiger charge is -2.12. The Morgan fingerprint density at radius 1 is 1.19 bits per heavy atom. The van der Waals surface area contributed by atoms with Gasteiger partial charge in [-0.2, -0.15) is 0 Å². The van der Waals surface area contributed by atoms with Gasteiger partial charge in [0.2, 0.25) is 5.95 Å². The zero-order chi connectivity index (χ0) is 11.0. The molecule has 1 aromatic rings. The summed E-state index contributed by atoms with van der Waals surface area (Å²) < 4.78 is 0. The van der Waals surface area contributed by atoms with Crippen molar-refractivity contribution < 1.29 is 0 Å². The summed E-state index contributed by atoms with van der Waals surface area (Å²) in [6.07, 6.45) is 7.87. The molecule has 1 fully saturated rings. The molecule has 4 nitrogen and oxygen atoms in total. The van der Waals surface area contributed by atoms with E-state index in [1.54, 1.807) is 0 Å². The van der Waals surface area contributed by atoms with Crippen LogP contribution in [0.4, 0.5) is 5.95 Å². The number of aromatic nitrogens is 2. The molecule has 2 N–H and O–H groups in total. The third kappa shape index (κ3) is 1.72. The first-order valence-electron chi connectivity index (χ1n) is 6.21. The van der Waals surface area contributed by atoms with Crippen molar-refractivity contribution in [3.8, 4) is 0 Å². The summed E-state index contributed by atoms with van der Waals surface area (Å²) in [6.45, 7) is 0. The molecule has 1 heterocycles. The third-order valence-electron chi connectivity index (χ3n) is 3.64. The fourth-order valence-electron chi connectivity index (χ4n) is 2.77. The van der Waals surface area contributed by atoms with Crippen LogP contribution in [0.25, 0.3) is 0 Å². The molecule has 0 bridgehead atoms. The Morgan fingerprint density at radius 2 is 2.00 bits per heavy atom. The van der Waals surface area contributed by atoms with Crippen LogP contribution in [0.1, 0.15) is 43.4 Å². The van der Waals surface area contributed by atoms with Gasteiger partial charge in [-0.05, 0) is 32.1 Å². The van der Waals surface area contributed by atoms with E-state index in [9.17, 15) is 4.79 Å². The second kappa shape index (κ2) is 3.92. The minimum absolute atomic E-state index is 0.0583. The van der Waals surface area contributed by atoms with Gasteiger partial charge in [-0.3, -0.25) is 9.78 Å². The fourth-order valence-corrected chi connectivity index (χ4v) is 2.77. The monoisotopic (exact) mass is 219 g/mol. The molecule has 86 valence electrons. The van der Waals surface area contributed by atoms with Gasteiger partial charge in [0.05, 0.1) is 5.69 Å². The summed E-state index contributed by atoms with van der Waals surface area (Å²) in [7, 11) is 0. The molecular weight excluding hydrogens is 202 g/mol. The SMILES string of the molecule is O=c1[nH]c(NC2CCCC2)nc2c1CCC2. The molecule has 0 saturated heterocycles. The number of anilines is 1. The lowest BCUT2D eigenvalue weighted by molar-refractivity contribution is 0.740. The lowest BCUT2D eigenvalue weighted by Crippen LogP contribution is -2.22. The van der Waals surface area contributed by atoms with E-state index in [-0.39, 0.29) is 5.56 Å². The molecule has 3 rings (SSSR count). The quantitative estimate of drug-likeness (QED) is 0.794. The first kappa shape index (κ1) is 9.87. The molecule has 1 saturated carbocycles. The number of rotatable bonds is 2. The first-order chi connectivity index (χ1) is 7.83. The van der Waals surface area contributed by atoms with Crippen LogP contribution >= 0.6 is 0 Å². The molecule has 2 aliphatic rings. The second-order valence-electron chi connectivity index (χ2n) is 4.82. The average Bonchev–Trinajstić information content (AvgIpc) is 2.87. The Hall–Kier alpha value is -1.32. The highest BCUT2D eigenvalue weighted by Gasteiger charge is 2.19. The number of hydrogen-bond donors (Lipinski definition) is 2. The van der Waals surface area contributed by atoms with Crippen LogP contribution < -0.4 is 10.9 Å². The zero-order valence-electron chi connectivity index (χ0n) is 9.38. The van der Waals surface area contributed by atoms with E-state index in [0.717, 1.165) is 30.5 Å². The Balaban J connectivity index is 1.85. The van der Waals surface area contributed by atoms with E-state index in [2.05, 4.69) is 15.3 Å². The van der Waals surface area contributed by atoms with Crippen LogP contribution in [-0.2, 0) is 12.8 Å². The van der Waals surface area contributed by atoms with E-state index in [1.165, 1.54) is 25.7 Å². The van der Waals surface area contributed by atoms with E-state index < -0.39 is 0 Å². The third-order valence-corrected chi connectivity index (χ3v) is 3.64. The van der Waals surface area contributed by atoms with Crippen LogP contribution in [0.5, 0.6) is 0 Å². The highest BCUT2D eigenvalue weighted by molar-refractivity contribution is 5.33. The van der Waals surface area contributed by atoms with Gasteiger partial charge < -0.3 is 5.32 Å². The average molecular weight is 219 g/mol. The van der Waals surface area contributed by atoms with Crippen molar-refractivity contribution in [1.82, 2.24) is 9.97 Å². The molecule has 0 spiro atoms. The Labute approximate surface area is 94.5 Å². The molecule has 2 aliphatic carbocycles. The smallest absolute Gasteiger partial charge is 0.255 e. The maximum atomic E-state index is 11.8. The van der Waals surface area contributed by atoms with Gasteiger partial charge >= 0.3 is 0 Å². The van der Waals surface area contributed by atoms with E-state index >= 15 is 0 Å². The molecule has 0 unspecified atom stereocenters. The van der Waals surface area contributed by atoms with Crippen molar-refractivity contribution in [2.45, 2.75) is 51.0 Å². The number of aryl methyl sites for hydroxylation is 1. The van der Waals surface area contributed by atoms with Crippen molar-refractivity contribution in [2.75, 3.05) is 5.32 Å². The molecule has 16 heavy (non-hydrogen) atoms. The normalized spacial score (nSPS) is 20.0. The fraction of sp³-hybridized carbons (Fsp3) is 0.667. The Morgan fingerprint density at radius 3 is 2.81 bits per heavy atom. The van der Waals surface area contributed by atoms with E-state index in [4.69, 9.17) is 0 Å². The van der Waals surface area contributed by atoms with Crippen LogP contribution in [0.15, 0.2) is 4.79 Å². The summed E-state index contributed by atoms with van der Waals surface area (Å²) >= 11 is 0. The van der Waals surface area contributed by atoms with Gasteiger partial charge in [0.1, 0.15) is 0 Å². The molecule has 0 aromatic carbocycles. The van der Waals surface area contributed by atoms with Crippen molar-refractivity contribution >= 4 is 5.95 Å². The van der Waals surface area contributed by atoms with Crippen molar-refractivity contribution in [2.24, 2.45) is 0 Å². The largest absolute Gasteiger partial charge is 0.353 e. The van der Waals surface area contributed by atoms with Gasteiger partial charge in [-0.25, -0.2) is 4.98 Å². The maximum absolute atomic E-state index is 11.8. The van der Waals surface area contributed by atoms with Crippen molar-refractivity contribution in [1.29, 1.82) is 0 Å². The topological polar surface area (TPSA) is 57.8 Å². The van der Waals surface area contributed by atoms with Crippen LogP contribution in [0, 0.1) is 0 Å². The van der Waals surface area contributed by atoms with Gasteiger partial charge in [0.15, 0.2) is 0 Å². The van der Waals surface area contributed by atoms with Gasteiger partial charge in [-0.15, -0.1) is 0 Å². The molecule has 1 aromatic heterocycles. The number of fused-ring (bicyclic) bond motifs is 1. The summed E-state index contributed by atoms with van der Waals surface area (Å²) in [5.41, 5.74) is 1.96. The lowest BCUT2D eigenvalue weighted by atomic mass is 10.2. The summed E-state index contributed by atoms with van der Waals surface area (Å²) in [6, 6.07) is 0.502. The number of aromatic amines is 1. The standard InChI is InChI=1S/C12H17N3O/c16-11-9-6-3-7-10(9)14-12(15-11)13-8-4-1-2-5-8/h8H,1-7H2,(H2,13,14,15,16). The molecule has 0 radical (unpaired) electrons. The number of hydrogen-bond acceptors (Lipinski definition) is 3. The zero-order valence-corrected chi connectivity index (χ0v) is 9.38. The van der Waals surface area contributed by atoms with Crippen LogP contribution in [0.2, 0.25) is 0 Å². The second-order valence-corrected chi connectivity index (χ2v) is 4.82. The highest BCUT2D eigenvalue weighted by atomic mass is 16.1. The number of H-pyrrole nitrogens is 1. The van der Waals surface area contributed by atoms with Crippen LogP contribution in [0.3, 0.4) is 0 Å². The highest BCUT2D eigenvalue weighted by Crippen LogP contribution is 2.22. The predicted octanol–water partition coefficient (Wildman–Crippen LogP) is 1.61. The minimum Gasteiger partial charge on any atom is -0.353 e. The summed E-state index contributed by atoms with van der Waals surface area (Å²) in [5, 5.41) is 3.34. The van der Waals surface area contributed by atoms with E-state index in [1.807, 2.05) is 0 Å². The number of nitrogens with zero attached hydrogens (tertiary/aromatic N) is 1. The summed E-state index contributed by atoms with van der Waals surface area (Å²) in [4.78, 5) is 19.1. The van der Waals surface area contributed by atoms with Gasteiger partial charge in [0.25, 0.3) is 5.56 Å². The van der Waals surface area contributed by atoms with Crippen molar-refractivity contribution in [3.63, 3.8) is 0 Å². The van der Waals surface area contributed by atoms with Gasteiger partial charge in [-0.1, -0.05) is 12.8 Å². The molecular formula is C12H17N3O. The molecule has 0 amide bonds. The minimum atomic E-state index is 0.0583. The van der Waals surface area contributed by atoms with Gasteiger partial charge in [0, 0.05) is 11.6 Å². The van der Waals surface area contributed by atoms with E-state index in [0.29, 0.717) is 12.0 Å². The van der Waals surface area contributed by atoms with Crippen LogP contribution in [-0.4, -0.2) is 16.0 Å². The molecule has 0 aliphatic heterocycles. The number of nitrogens with one attached hydrogen (secondary N) is 2. The predicted molar refractivity (Wildman–Crippen MR) is 62.8 cm³/mol. The first-order valence-corrected chi connectivity index (χ1v) is 6.21. The van der Waals surface area contributed by atoms with Crippen molar-refractivity contribution in [3.05, 3.63) is 21.6 Å². The Kier molecular flexibility index (Phi) is 2.42. The Bertz CT molecular complexity index is 446. The summed E-state index contributed by atoms with van der Waals surface area (Å²) in [5.74, 6) is 0.678. The molecule has 4 heteroatoms. The molecule has 0 atom stereocenters.